The molecule has 0 atom stereocenters. The van der Waals surface area contributed by atoms with Crippen LogP contribution in [0, 0.1) is 13.8 Å². The molecule has 0 aliphatic carbocycles. The highest BCUT2D eigenvalue weighted by molar-refractivity contribution is 5.77. The fourth-order valence-electron chi connectivity index (χ4n) is 1.78. The summed E-state index contributed by atoms with van der Waals surface area (Å²) in [6, 6.07) is 11.4. The minimum absolute atomic E-state index is 0.0270. The average molecular weight is 273 g/mol. The number of hydrogen-bond donors (Lipinski definition) is 0. The molecule has 0 saturated carbocycles. The lowest BCUT2D eigenvalue weighted by Gasteiger charge is -2.16. The van der Waals surface area contributed by atoms with Crippen LogP contribution in [0.1, 0.15) is 17.1 Å². The first kappa shape index (κ1) is 14.2. The van der Waals surface area contributed by atoms with Gasteiger partial charge >= 0.3 is 0 Å². The molecule has 0 spiro atoms. The van der Waals surface area contributed by atoms with Gasteiger partial charge in [-0.1, -0.05) is 17.7 Å². The molecule has 0 N–H and O–H groups in total. The zero-order valence-corrected chi connectivity index (χ0v) is 12.1. The zero-order chi connectivity index (χ0) is 14.5. The first-order valence-corrected chi connectivity index (χ1v) is 6.53. The summed E-state index contributed by atoms with van der Waals surface area (Å²) in [5.41, 5.74) is 1.16. The first-order valence-electron chi connectivity index (χ1n) is 6.53. The number of carbonyl (C=O) groups excluding carboxylic acids is 1. The summed E-state index contributed by atoms with van der Waals surface area (Å²) in [5.74, 6) is 2.23. The van der Waals surface area contributed by atoms with Crippen molar-refractivity contribution >= 4 is 5.91 Å². The molecule has 0 saturated heterocycles. The Bertz CT molecular complexity index is 572. The predicted molar refractivity (Wildman–Crippen MR) is 76.6 cm³/mol. The summed E-state index contributed by atoms with van der Waals surface area (Å²) in [7, 11) is 1.73. The molecule has 0 radical (unpaired) electrons. The Kier molecular flexibility index (Phi) is 4.45. The summed E-state index contributed by atoms with van der Waals surface area (Å²) in [4.78, 5) is 13.5. The van der Waals surface area contributed by atoms with Crippen molar-refractivity contribution in [3.63, 3.8) is 0 Å². The molecule has 1 aromatic carbocycles. The number of carbonyl (C=O) groups is 1. The smallest absolute Gasteiger partial charge is 0.260 e. The Morgan fingerprint density at radius 3 is 2.45 bits per heavy atom. The molecule has 20 heavy (non-hydrogen) atoms. The summed E-state index contributed by atoms with van der Waals surface area (Å²) in [6.07, 6.45) is 0. The molecule has 0 fully saturated rings. The molecular weight excluding hydrogens is 254 g/mol. The van der Waals surface area contributed by atoms with Crippen LogP contribution >= 0.6 is 0 Å². The number of benzene rings is 1. The molecule has 4 nitrogen and oxygen atoms in total. The lowest BCUT2D eigenvalue weighted by atomic mass is 10.2. The molecular formula is C16H19NO3. The number of rotatable bonds is 5. The third-order valence-corrected chi connectivity index (χ3v) is 3.00. The van der Waals surface area contributed by atoms with Gasteiger partial charge in [0.1, 0.15) is 17.3 Å². The van der Waals surface area contributed by atoms with Gasteiger partial charge in [-0.25, -0.2) is 0 Å². The standard InChI is InChI=1S/C16H19NO3/c1-12-4-7-14(8-5-12)19-11-16(18)17(3)10-15-9-6-13(2)20-15/h4-9H,10-11H2,1-3H3. The van der Waals surface area contributed by atoms with Crippen LogP contribution in [0.3, 0.4) is 0 Å². The van der Waals surface area contributed by atoms with E-state index in [2.05, 4.69) is 0 Å². The van der Waals surface area contributed by atoms with Crippen LogP contribution in [0.5, 0.6) is 5.75 Å². The number of aryl methyl sites for hydroxylation is 2. The third kappa shape index (κ3) is 3.88. The van der Waals surface area contributed by atoms with E-state index in [0.717, 1.165) is 17.1 Å². The van der Waals surface area contributed by atoms with Gasteiger partial charge in [-0.3, -0.25) is 4.79 Å². The summed E-state index contributed by atoms with van der Waals surface area (Å²) in [6.45, 7) is 4.36. The number of nitrogens with zero attached hydrogens (tertiary/aromatic N) is 1. The largest absolute Gasteiger partial charge is 0.484 e. The molecule has 1 heterocycles. The minimum atomic E-state index is -0.0837. The summed E-state index contributed by atoms with van der Waals surface area (Å²) in [5, 5.41) is 0. The molecule has 0 aliphatic rings. The molecule has 1 aromatic heterocycles. The van der Waals surface area contributed by atoms with E-state index in [9.17, 15) is 4.79 Å². The second-order valence-electron chi connectivity index (χ2n) is 4.86. The fraction of sp³-hybridized carbons (Fsp3) is 0.312. The number of hydrogen-bond acceptors (Lipinski definition) is 3. The second-order valence-corrected chi connectivity index (χ2v) is 4.86. The third-order valence-electron chi connectivity index (χ3n) is 3.00. The van der Waals surface area contributed by atoms with Crippen LogP contribution in [0.15, 0.2) is 40.8 Å². The van der Waals surface area contributed by atoms with Gasteiger partial charge in [0.2, 0.25) is 0 Å². The molecule has 0 bridgehead atoms. The van der Waals surface area contributed by atoms with Crippen molar-refractivity contribution in [3.05, 3.63) is 53.5 Å². The van der Waals surface area contributed by atoms with E-state index < -0.39 is 0 Å². The number of ether oxygens (including phenoxy) is 1. The van der Waals surface area contributed by atoms with Gasteiger partial charge in [-0.05, 0) is 38.1 Å². The van der Waals surface area contributed by atoms with Gasteiger partial charge < -0.3 is 14.1 Å². The van der Waals surface area contributed by atoms with Gasteiger partial charge in [-0.15, -0.1) is 0 Å². The van der Waals surface area contributed by atoms with Crippen LogP contribution in [0.4, 0.5) is 0 Å². The van der Waals surface area contributed by atoms with E-state index in [1.807, 2.05) is 50.2 Å². The number of amides is 1. The average Bonchev–Trinajstić information content (AvgIpc) is 2.83. The van der Waals surface area contributed by atoms with Crippen LogP contribution in [0.25, 0.3) is 0 Å². The van der Waals surface area contributed by atoms with Crippen LogP contribution in [0.2, 0.25) is 0 Å². The highest BCUT2D eigenvalue weighted by Crippen LogP contribution is 2.12. The van der Waals surface area contributed by atoms with Gasteiger partial charge in [0, 0.05) is 7.05 Å². The summed E-state index contributed by atoms with van der Waals surface area (Å²) < 4.78 is 10.9. The van der Waals surface area contributed by atoms with Crippen LogP contribution in [-0.4, -0.2) is 24.5 Å². The Morgan fingerprint density at radius 2 is 1.85 bits per heavy atom. The van der Waals surface area contributed by atoms with Crippen molar-refractivity contribution in [2.24, 2.45) is 0 Å². The summed E-state index contributed by atoms with van der Waals surface area (Å²) >= 11 is 0. The van der Waals surface area contributed by atoms with Gasteiger partial charge in [0.05, 0.1) is 6.54 Å². The van der Waals surface area contributed by atoms with E-state index in [0.29, 0.717) is 12.3 Å². The molecule has 1 amide bonds. The Hall–Kier alpha value is -2.23. The topological polar surface area (TPSA) is 42.7 Å². The Balaban J connectivity index is 1.83. The van der Waals surface area contributed by atoms with Crippen LogP contribution in [-0.2, 0) is 11.3 Å². The van der Waals surface area contributed by atoms with Gasteiger partial charge in [-0.2, -0.15) is 0 Å². The molecule has 2 rings (SSSR count). The van der Waals surface area contributed by atoms with E-state index in [-0.39, 0.29) is 12.5 Å². The van der Waals surface area contributed by atoms with Gasteiger partial charge in [0.15, 0.2) is 6.61 Å². The quantitative estimate of drug-likeness (QED) is 0.841. The van der Waals surface area contributed by atoms with E-state index in [1.165, 1.54) is 0 Å². The van der Waals surface area contributed by atoms with E-state index in [4.69, 9.17) is 9.15 Å². The number of furan rings is 1. The van der Waals surface area contributed by atoms with Gasteiger partial charge in [0.25, 0.3) is 5.91 Å². The van der Waals surface area contributed by atoms with Crippen molar-refractivity contribution in [1.29, 1.82) is 0 Å². The molecule has 0 aliphatic heterocycles. The molecule has 106 valence electrons. The zero-order valence-electron chi connectivity index (χ0n) is 12.1. The maximum absolute atomic E-state index is 12.0. The van der Waals surface area contributed by atoms with Crippen LogP contribution < -0.4 is 4.74 Å². The van der Waals surface area contributed by atoms with Crippen molar-refractivity contribution in [2.45, 2.75) is 20.4 Å². The van der Waals surface area contributed by atoms with Crippen molar-refractivity contribution < 1.29 is 13.9 Å². The normalized spacial score (nSPS) is 10.3. The van der Waals surface area contributed by atoms with Crippen molar-refractivity contribution in [2.75, 3.05) is 13.7 Å². The maximum atomic E-state index is 12.0. The van der Waals surface area contributed by atoms with E-state index >= 15 is 0 Å². The van der Waals surface area contributed by atoms with E-state index in [1.54, 1.807) is 11.9 Å². The number of likely N-dealkylation sites (N-methyl/N-ethyl adjacent to an activating group) is 1. The Morgan fingerprint density at radius 1 is 1.15 bits per heavy atom. The highest BCUT2D eigenvalue weighted by Gasteiger charge is 2.11. The lowest BCUT2D eigenvalue weighted by Crippen LogP contribution is -2.30. The maximum Gasteiger partial charge on any atom is 0.260 e. The van der Waals surface area contributed by atoms with Crippen molar-refractivity contribution in [3.8, 4) is 5.75 Å². The fourth-order valence-corrected chi connectivity index (χ4v) is 1.78. The first-order chi connectivity index (χ1) is 9.54. The SMILES string of the molecule is Cc1ccc(OCC(=O)N(C)Cc2ccc(C)o2)cc1. The minimum Gasteiger partial charge on any atom is -0.484 e. The molecule has 0 unspecified atom stereocenters. The predicted octanol–water partition coefficient (Wildman–Crippen LogP) is 2.93. The monoisotopic (exact) mass is 273 g/mol. The molecule has 2 aromatic rings. The Labute approximate surface area is 119 Å². The second kappa shape index (κ2) is 6.28. The van der Waals surface area contributed by atoms with Crippen molar-refractivity contribution in [1.82, 2.24) is 4.90 Å². The lowest BCUT2D eigenvalue weighted by molar-refractivity contribution is -0.132. The highest BCUT2D eigenvalue weighted by atomic mass is 16.5. The molecule has 4 heteroatoms.